The van der Waals surface area contributed by atoms with Gasteiger partial charge in [0.2, 0.25) is 5.91 Å². The molecule has 1 aromatic heterocycles. The van der Waals surface area contributed by atoms with Crippen LogP contribution in [0.1, 0.15) is 38.2 Å². The molecule has 3 rings (SSSR count). The van der Waals surface area contributed by atoms with Crippen LogP contribution in [-0.4, -0.2) is 16.5 Å². The highest BCUT2D eigenvalue weighted by atomic mass is 16.1. The first kappa shape index (κ1) is 14.9. The maximum Gasteiger partial charge on any atom is 0.224 e. The minimum Gasteiger partial charge on any atom is -0.353 e. The lowest BCUT2D eigenvalue weighted by Crippen LogP contribution is -2.38. The first-order valence-electron chi connectivity index (χ1n) is 8.22. The van der Waals surface area contributed by atoms with Crippen LogP contribution >= 0.6 is 0 Å². The van der Waals surface area contributed by atoms with Crippen LogP contribution < -0.4 is 5.32 Å². The minimum atomic E-state index is 0.147. The Bertz CT molecular complexity index is 593. The smallest absolute Gasteiger partial charge is 0.224 e. The van der Waals surface area contributed by atoms with Gasteiger partial charge in [-0.3, -0.25) is 4.79 Å². The van der Waals surface area contributed by atoms with Gasteiger partial charge in [-0.15, -0.1) is 0 Å². The van der Waals surface area contributed by atoms with E-state index >= 15 is 0 Å². The number of benzene rings is 1. The Morgan fingerprint density at radius 1 is 1.09 bits per heavy atom. The van der Waals surface area contributed by atoms with Crippen LogP contribution in [0.2, 0.25) is 0 Å². The molecule has 0 saturated heterocycles. The highest BCUT2D eigenvalue weighted by Crippen LogP contribution is 2.23. The van der Waals surface area contributed by atoms with E-state index in [1.165, 1.54) is 12.8 Å². The molecule has 1 saturated carbocycles. The molecular weight excluding hydrogens is 272 g/mol. The van der Waals surface area contributed by atoms with Crippen LogP contribution in [0, 0.1) is 5.92 Å². The van der Waals surface area contributed by atoms with Gasteiger partial charge >= 0.3 is 0 Å². The molecule has 0 bridgehead atoms. The molecule has 0 radical (unpaired) electrons. The summed E-state index contributed by atoms with van der Waals surface area (Å²) in [6.07, 6.45) is 9.22. The molecule has 1 aliphatic rings. The number of nitrogens with zero attached hydrogens (tertiary/aromatic N) is 1. The Kier molecular flexibility index (Phi) is 4.62. The Morgan fingerprint density at radius 3 is 2.36 bits per heavy atom. The van der Waals surface area contributed by atoms with Crippen LogP contribution in [0.15, 0.2) is 48.8 Å². The third-order valence-electron chi connectivity index (χ3n) is 4.58. The molecular formula is C19H24N2O. The summed E-state index contributed by atoms with van der Waals surface area (Å²) in [5.74, 6) is 0.961. The molecule has 1 fully saturated rings. The van der Waals surface area contributed by atoms with Gasteiger partial charge in [0.05, 0.1) is 6.42 Å². The second-order valence-corrected chi connectivity index (χ2v) is 6.46. The normalized spacial score (nSPS) is 21.5. The number of carbonyl (C=O) groups excluding carboxylic acids is 1. The molecule has 0 aliphatic heterocycles. The lowest BCUT2D eigenvalue weighted by atomic mass is 9.87. The summed E-state index contributed by atoms with van der Waals surface area (Å²) < 4.78 is 2.06. The van der Waals surface area contributed by atoms with Gasteiger partial charge in [-0.2, -0.15) is 0 Å². The van der Waals surface area contributed by atoms with Gasteiger partial charge in [0, 0.05) is 24.1 Å². The topological polar surface area (TPSA) is 34.0 Å². The summed E-state index contributed by atoms with van der Waals surface area (Å²) in [6, 6.07) is 12.6. The van der Waals surface area contributed by atoms with Gasteiger partial charge in [0.15, 0.2) is 0 Å². The third-order valence-corrected chi connectivity index (χ3v) is 4.58. The average Bonchev–Trinajstić information content (AvgIpc) is 3.05. The van der Waals surface area contributed by atoms with E-state index in [-0.39, 0.29) is 5.91 Å². The predicted octanol–water partition coefficient (Wildman–Crippen LogP) is 3.71. The maximum atomic E-state index is 12.2. The number of carbonyl (C=O) groups is 1. The second-order valence-electron chi connectivity index (χ2n) is 6.46. The molecule has 1 aromatic carbocycles. The van der Waals surface area contributed by atoms with Gasteiger partial charge in [0.1, 0.15) is 0 Å². The zero-order valence-electron chi connectivity index (χ0n) is 13.2. The van der Waals surface area contributed by atoms with Crippen LogP contribution in [0.3, 0.4) is 0 Å². The molecule has 0 unspecified atom stereocenters. The van der Waals surface area contributed by atoms with Crippen LogP contribution in [-0.2, 0) is 11.2 Å². The van der Waals surface area contributed by atoms with Gasteiger partial charge in [0.25, 0.3) is 0 Å². The van der Waals surface area contributed by atoms with Gasteiger partial charge in [-0.05, 0) is 61.4 Å². The quantitative estimate of drug-likeness (QED) is 0.917. The zero-order chi connectivity index (χ0) is 15.4. The molecule has 116 valence electrons. The SMILES string of the molecule is CC1CCC(NC(=O)Cc2ccc(-n3cccc3)cc2)CC1. The van der Waals surface area contributed by atoms with E-state index in [1.807, 2.05) is 36.7 Å². The Hall–Kier alpha value is -2.03. The minimum absolute atomic E-state index is 0.147. The van der Waals surface area contributed by atoms with Crippen molar-refractivity contribution in [3.05, 3.63) is 54.4 Å². The van der Waals surface area contributed by atoms with Crippen molar-refractivity contribution in [2.24, 2.45) is 5.92 Å². The van der Waals surface area contributed by atoms with E-state index in [1.54, 1.807) is 0 Å². The molecule has 3 nitrogen and oxygen atoms in total. The average molecular weight is 296 g/mol. The number of rotatable bonds is 4. The summed E-state index contributed by atoms with van der Waals surface area (Å²) in [6.45, 7) is 2.30. The molecule has 0 spiro atoms. The van der Waals surface area contributed by atoms with Crippen molar-refractivity contribution in [1.29, 1.82) is 0 Å². The van der Waals surface area contributed by atoms with Crippen LogP contribution in [0.4, 0.5) is 0 Å². The van der Waals surface area contributed by atoms with E-state index in [4.69, 9.17) is 0 Å². The van der Waals surface area contributed by atoms with Crippen LogP contribution in [0.25, 0.3) is 5.69 Å². The predicted molar refractivity (Wildman–Crippen MR) is 89.0 cm³/mol. The fourth-order valence-corrected chi connectivity index (χ4v) is 3.16. The summed E-state index contributed by atoms with van der Waals surface area (Å²) in [4.78, 5) is 12.2. The number of nitrogens with one attached hydrogen (secondary N) is 1. The Morgan fingerprint density at radius 2 is 1.73 bits per heavy atom. The van der Waals surface area contributed by atoms with E-state index < -0.39 is 0 Å². The Labute approximate surface area is 132 Å². The van der Waals surface area contributed by atoms with Crippen molar-refractivity contribution in [3.8, 4) is 5.69 Å². The maximum absolute atomic E-state index is 12.2. The molecule has 2 aromatic rings. The monoisotopic (exact) mass is 296 g/mol. The fraction of sp³-hybridized carbons (Fsp3) is 0.421. The second kappa shape index (κ2) is 6.82. The first-order valence-corrected chi connectivity index (χ1v) is 8.22. The number of amides is 1. The molecule has 1 aliphatic carbocycles. The van der Waals surface area contributed by atoms with Crippen molar-refractivity contribution < 1.29 is 4.79 Å². The van der Waals surface area contributed by atoms with Crippen molar-refractivity contribution in [3.63, 3.8) is 0 Å². The van der Waals surface area contributed by atoms with E-state index in [2.05, 4.69) is 28.9 Å². The number of hydrogen-bond donors (Lipinski definition) is 1. The highest BCUT2D eigenvalue weighted by Gasteiger charge is 2.19. The lowest BCUT2D eigenvalue weighted by molar-refractivity contribution is -0.121. The number of aromatic nitrogens is 1. The molecule has 1 N–H and O–H groups in total. The van der Waals surface area contributed by atoms with Crippen molar-refractivity contribution >= 4 is 5.91 Å². The molecule has 0 atom stereocenters. The van der Waals surface area contributed by atoms with Gasteiger partial charge in [-0.25, -0.2) is 0 Å². The van der Waals surface area contributed by atoms with Crippen molar-refractivity contribution in [2.45, 2.75) is 45.1 Å². The largest absolute Gasteiger partial charge is 0.353 e. The van der Waals surface area contributed by atoms with Gasteiger partial charge in [-0.1, -0.05) is 19.1 Å². The standard InChI is InChI=1S/C19H24N2O/c1-15-4-8-17(9-5-15)20-19(22)14-16-6-10-18(11-7-16)21-12-2-3-13-21/h2-3,6-7,10-13,15,17H,4-5,8-9,14H2,1H3,(H,20,22). The van der Waals surface area contributed by atoms with E-state index in [9.17, 15) is 4.79 Å². The summed E-state index contributed by atoms with van der Waals surface area (Å²) >= 11 is 0. The molecule has 1 heterocycles. The highest BCUT2D eigenvalue weighted by molar-refractivity contribution is 5.78. The van der Waals surface area contributed by atoms with E-state index in [0.29, 0.717) is 12.5 Å². The van der Waals surface area contributed by atoms with Gasteiger partial charge < -0.3 is 9.88 Å². The van der Waals surface area contributed by atoms with Crippen molar-refractivity contribution in [1.82, 2.24) is 9.88 Å². The molecule has 22 heavy (non-hydrogen) atoms. The molecule has 1 amide bonds. The van der Waals surface area contributed by atoms with E-state index in [0.717, 1.165) is 30.0 Å². The Balaban J connectivity index is 1.53. The summed E-state index contributed by atoms with van der Waals surface area (Å²) in [5, 5.41) is 3.19. The third kappa shape index (κ3) is 3.79. The molecule has 3 heteroatoms. The first-order chi connectivity index (χ1) is 10.7. The zero-order valence-corrected chi connectivity index (χ0v) is 13.2. The summed E-state index contributed by atoms with van der Waals surface area (Å²) in [5.41, 5.74) is 2.19. The lowest BCUT2D eigenvalue weighted by Gasteiger charge is -2.26. The summed E-state index contributed by atoms with van der Waals surface area (Å²) in [7, 11) is 0. The fourth-order valence-electron chi connectivity index (χ4n) is 3.16. The number of hydrogen-bond acceptors (Lipinski definition) is 1. The van der Waals surface area contributed by atoms with Crippen molar-refractivity contribution in [2.75, 3.05) is 0 Å². The van der Waals surface area contributed by atoms with Crippen LogP contribution in [0.5, 0.6) is 0 Å².